The van der Waals surface area contributed by atoms with Crippen molar-refractivity contribution in [3.63, 3.8) is 0 Å². The number of hydrogen-bond acceptors (Lipinski definition) is 3. The van der Waals surface area contributed by atoms with E-state index in [1.807, 2.05) is 30.3 Å². The Bertz CT molecular complexity index is 375. The Kier molecular flexibility index (Phi) is 4.73. The van der Waals surface area contributed by atoms with Crippen LogP contribution < -0.4 is 10.6 Å². The third-order valence-corrected chi connectivity index (χ3v) is 3.37. The lowest BCUT2D eigenvalue weighted by atomic mass is 9.98. The van der Waals surface area contributed by atoms with Crippen molar-refractivity contribution in [2.45, 2.75) is 18.9 Å². The van der Waals surface area contributed by atoms with E-state index in [4.69, 9.17) is 0 Å². The molecule has 1 aromatic rings. The largest absolute Gasteiger partial charge is 0.394 e. The van der Waals surface area contributed by atoms with Crippen LogP contribution in [0.4, 0.5) is 0 Å². The zero-order valence-electron chi connectivity index (χ0n) is 10.4. The van der Waals surface area contributed by atoms with E-state index < -0.39 is 0 Å². The first-order valence-corrected chi connectivity index (χ1v) is 6.48. The summed E-state index contributed by atoms with van der Waals surface area (Å²) in [7, 11) is 0. The first-order valence-electron chi connectivity index (χ1n) is 6.48. The van der Waals surface area contributed by atoms with Gasteiger partial charge in [-0.1, -0.05) is 30.3 Å². The van der Waals surface area contributed by atoms with Gasteiger partial charge in [0.15, 0.2) is 0 Å². The normalized spacial score (nSPS) is 21.3. The fraction of sp³-hybridized carbons (Fsp3) is 0.500. The number of benzene rings is 1. The third-order valence-electron chi connectivity index (χ3n) is 3.37. The minimum Gasteiger partial charge on any atom is -0.394 e. The van der Waals surface area contributed by atoms with E-state index >= 15 is 0 Å². The Morgan fingerprint density at radius 2 is 2.22 bits per heavy atom. The zero-order chi connectivity index (χ0) is 12.8. The molecule has 1 aromatic carbocycles. The number of amides is 1. The van der Waals surface area contributed by atoms with Crippen LogP contribution >= 0.6 is 0 Å². The van der Waals surface area contributed by atoms with Crippen LogP contribution in [0.25, 0.3) is 0 Å². The second-order valence-electron chi connectivity index (χ2n) is 4.70. The second kappa shape index (κ2) is 6.52. The molecular formula is C14H20N2O2. The molecule has 0 aliphatic carbocycles. The van der Waals surface area contributed by atoms with Crippen LogP contribution in [0.1, 0.15) is 24.4 Å². The van der Waals surface area contributed by atoms with Crippen molar-refractivity contribution in [1.29, 1.82) is 0 Å². The van der Waals surface area contributed by atoms with Crippen molar-refractivity contribution in [2.24, 2.45) is 5.92 Å². The molecule has 1 fully saturated rings. The summed E-state index contributed by atoms with van der Waals surface area (Å²) in [5, 5.41) is 15.5. The fourth-order valence-corrected chi connectivity index (χ4v) is 2.28. The van der Waals surface area contributed by atoms with Crippen LogP contribution in [-0.4, -0.2) is 30.7 Å². The molecule has 18 heavy (non-hydrogen) atoms. The van der Waals surface area contributed by atoms with E-state index in [0.717, 1.165) is 31.5 Å². The molecule has 1 aliphatic heterocycles. The minimum absolute atomic E-state index is 0.0245. The molecule has 1 aliphatic rings. The van der Waals surface area contributed by atoms with Gasteiger partial charge in [-0.15, -0.1) is 0 Å². The van der Waals surface area contributed by atoms with Crippen molar-refractivity contribution in [3.05, 3.63) is 35.9 Å². The summed E-state index contributed by atoms with van der Waals surface area (Å²) in [5.74, 6) is 0.0571. The van der Waals surface area contributed by atoms with E-state index in [9.17, 15) is 9.90 Å². The molecule has 3 N–H and O–H groups in total. The van der Waals surface area contributed by atoms with Crippen molar-refractivity contribution in [2.75, 3.05) is 19.7 Å². The maximum atomic E-state index is 12.1. The summed E-state index contributed by atoms with van der Waals surface area (Å²) in [6.45, 7) is 1.65. The summed E-state index contributed by atoms with van der Waals surface area (Å²) in [6, 6.07) is 9.27. The Labute approximate surface area is 107 Å². The Morgan fingerprint density at radius 1 is 1.44 bits per heavy atom. The zero-order valence-corrected chi connectivity index (χ0v) is 10.4. The van der Waals surface area contributed by atoms with Crippen LogP contribution in [0.15, 0.2) is 30.3 Å². The highest BCUT2D eigenvalue weighted by Gasteiger charge is 2.23. The quantitative estimate of drug-likeness (QED) is 0.740. The molecule has 1 amide bonds. The molecule has 1 heterocycles. The Morgan fingerprint density at radius 3 is 2.83 bits per heavy atom. The van der Waals surface area contributed by atoms with Crippen LogP contribution in [0, 0.1) is 5.92 Å². The monoisotopic (exact) mass is 248 g/mol. The number of aliphatic hydroxyl groups is 1. The van der Waals surface area contributed by atoms with E-state index in [1.54, 1.807) is 0 Å². The highest BCUT2D eigenvalue weighted by Crippen LogP contribution is 2.15. The van der Waals surface area contributed by atoms with Gasteiger partial charge in [-0.25, -0.2) is 0 Å². The lowest BCUT2D eigenvalue weighted by Crippen LogP contribution is -2.42. The molecule has 2 atom stereocenters. The highest BCUT2D eigenvalue weighted by molar-refractivity contribution is 5.79. The SMILES string of the molecule is O=C(NC(CO)c1ccccc1)[C@H]1CCCNC1. The van der Waals surface area contributed by atoms with Gasteiger partial charge in [0, 0.05) is 6.54 Å². The van der Waals surface area contributed by atoms with Gasteiger partial charge in [0.05, 0.1) is 18.6 Å². The molecule has 0 bridgehead atoms. The van der Waals surface area contributed by atoms with Crippen molar-refractivity contribution >= 4 is 5.91 Å². The van der Waals surface area contributed by atoms with Crippen molar-refractivity contribution in [3.8, 4) is 0 Å². The first-order chi connectivity index (χ1) is 8.81. The standard InChI is InChI=1S/C14H20N2O2/c17-10-13(11-5-2-1-3-6-11)16-14(18)12-7-4-8-15-9-12/h1-3,5-6,12-13,15,17H,4,7-10H2,(H,16,18)/t12-,13?/m0/s1. The predicted molar refractivity (Wildman–Crippen MR) is 70.0 cm³/mol. The van der Waals surface area contributed by atoms with Gasteiger partial charge in [0.2, 0.25) is 5.91 Å². The smallest absolute Gasteiger partial charge is 0.224 e. The molecule has 1 saturated heterocycles. The van der Waals surface area contributed by atoms with Gasteiger partial charge in [-0.3, -0.25) is 4.79 Å². The summed E-state index contributed by atoms with van der Waals surface area (Å²) in [4.78, 5) is 12.1. The van der Waals surface area contributed by atoms with Gasteiger partial charge < -0.3 is 15.7 Å². The second-order valence-corrected chi connectivity index (χ2v) is 4.70. The summed E-state index contributed by atoms with van der Waals surface area (Å²) >= 11 is 0. The summed E-state index contributed by atoms with van der Waals surface area (Å²) in [5.41, 5.74) is 0.942. The van der Waals surface area contributed by atoms with Crippen molar-refractivity contribution < 1.29 is 9.90 Å². The van der Waals surface area contributed by atoms with Gasteiger partial charge in [0.25, 0.3) is 0 Å². The lowest BCUT2D eigenvalue weighted by Gasteiger charge is -2.25. The van der Waals surface area contributed by atoms with E-state index in [2.05, 4.69) is 10.6 Å². The molecule has 98 valence electrons. The number of nitrogens with one attached hydrogen (secondary N) is 2. The molecule has 4 nitrogen and oxygen atoms in total. The topological polar surface area (TPSA) is 61.4 Å². The average molecular weight is 248 g/mol. The average Bonchev–Trinajstić information content (AvgIpc) is 2.46. The van der Waals surface area contributed by atoms with Crippen LogP contribution in [0.3, 0.4) is 0 Å². The highest BCUT2D eigenvalue weighted by atomic mass is 16.3. The van der Waals surface area contributed by atoms with E-state index in [-0.39, 0.29) is 24.5 Å². The number of carbonyl (C=O) groups is 1. The molecular weight excluding hydrogens is 228 g/mol. The lowest BCUT2D eigenvalue weighted by molar-refractivity contribution is -0.126. The van der Waals surface area contributed by atoms with E-state index in [1.165, 1.54) is 0 Å². The van der Waals surface area contributed by atoms with Gasteiger partial charge in [-0.05, 0) is 24.9 Å². The van der Waals surface area contributed by atoms with Gasteiger partial charge in [0.1, 0.15) is 0 Å². The number of carbonyl (C=O) groups excluding carboxylic acids is 1. The number of hydrogen-bond donors (Lipinski definition) is 3. The molecule has 2 rings (SSSR count). The third kappa shape index (κ3) is 3.31. The van der Waals surface area contributed by atoms with Gasteiger partial charge >= 0.3 is 0 Å². The van der Waals surface area contributed by atoms with Crippen LogP contribution in [-0.2, 0) is 4.79 Å². The summed E-state index contributed by atoms with van der Waals surface area (Å²) in [6.07, 6.45) is 1.96. The Balaban J connectivity index is 1.95. The molecule has 0 radical (unpaired) electrons. The molecule has 0 aromatic heterocycles. The number of piperidine rings is 1. The number of aliphatic hydroxyl groups excluding tert-OH is 1. The molecule has 0 spiro atoms. The maximum absolute atomic E-state index is 12.1. The maximum Gasteiger partial charge on any atom is 0.224 e. The van der Waals surface area contributed by atoms with Crippen LogP contribution in [0.2, 0.25) is 0 Å². The minimum atomic E-state index is -0.305. The van der Waals surface area contributed by atoms with Crippen LogP contribution in [0.5, 0.6) is 0 Å². The Hall–Kier alpha value is -1.39. The number of rotatable bonds is 4. The summed E-state index contributed by atoms with van der Waals surface area (Å²) < 4.78 is 0. The molecule has 4 heteroatoms. The first kappa shape index (κ1) is 13.1. The molecule has 0 saturated carbocycles. The van der Waals surface area contributed by atoms with Crippen molar-refractivity contribution in [1.82, 2.24) is 10.6 Å². The van der Waals surface area contributed by atoms with E-state index in [0.29, 0.717) is 0 Å². The molecule has 1 unspecified atom stereocenters. The predicted octanol–water partition coefficient (Wildman–Crippen LogP) is 0.836. The fourth-order valence-electron chi connectivity index (χ4n) is 2.28. The van der Waals surface area contributed by atoms with Gasteiger partial charge in [-0.2, -0.15) is 0 Å².